The van der Waals surface area contributed by atoms with Crippen LogP contribution in [0.2, 0.25) is 0 Å². The van der Waals surface area contributed by atoms with E-state index in [9.17, 15) is 0 Å². The van der Waals surface area contributed by atoms with Gasteiger partial charge in [0.25, 0.3) is 0 Å². The Morgan fingerprint density at radius 3 is 2.58 bits per heavy atom. The van der Waals surface area contributed by atoms with Gasteiger partial charge in [-0.2, -0.15) is 0 Å². The van der Waals surface area contributed by atoms with Gasteiger partial charge in [-0.05, 0) is 32.4 Å². The van der Waals surface area contributed by atoms with Crippen LogP contribution < -0.4 is 10.1 Å². The van der Waals surface area contributed by atoms with E-state index in [2.05, 4.69) is 50.4 Å². The van der Waals surface area contributed by atoms with Crippen molar-refractivity contribution in [1.82, 2.24) is 5.32 Å². The average Bonchev–Trinajstić information content (AvgIpc) is 2.45. The average molecular weight is 263 g/mol. The third-order valence-corrected chi connectivity index (χ3v) is 3.34. The van der Waals surface area contributed by atoms with Gasteiger partial charge in [0, 0.05) is 11.6 Å². The predicted octanol–water partition coefficient (Wildman–Crippen LogP) is 4.71. The van der Waals surface area contributed by atoms with Gasteiger partial charge in [0.05, 0.1) is 6.61 Å². The molecule has 0 saturated heterocycles. The molecule has 0 fully saturated rings. The molecule has 0 heterocycles. The Morgan fingerprint density at radius 2 is 1.84 bits per heavy atom. The predicted molar refractivity (Wildman–Crippen MR) is 82.8 cm³/mol. The maximum absolute atomic E-state index is 5.94. The minimum atomic E-state index is 0.354. The Kier molecular flexibility index (Phi) is 8.31. The monoisotopic (exact) mass is 263 g/mol. The van der Waals surface area contributed by atoms with E-state index in [4.69, 9.17) is 4.74 Å². The lowest BCUT2D eigenvalue weighted by molar-refractivity contribution is 0.299. The molecule has 1 aromatic rings. The molecular formula is C17H29NO. The maximum Gasteiger partial charge on any atom is 0.124 e. The second-order valence-electron chi connectivity index (χ2n) is 5.12. The topological polar surface area (TPSA) is 21.3 Å². The molecule has 1 rings (SSSR count). The lowest BCUT2D eigenvalue weighted by Gasteiger charge is -2.18. The second kappa shape index (κ2) is 9.85. The van der Waals surface area contributed by atoms with Crippen LogP contribution >= 0.6 is 0 Å². The van der Waals surface area contributed by atoms with Crippen molar-refractivity contribution < 1.29 is 4.74 Å². The van der Waals surface area contributed by atoms with Crippen molar-refractivity contribution in [1.29, 1.82) is 0 Å². The first kappa shape index (κ1) is 16.0. The zero-order valence-electron chi connectivity index (χ0n) is 12.7. The van der Waals surface area contributed by atoms with Crippen LogP contribution in [0, 0.1) is 0 Å². The fraction of sp³-hybridized carbons (Fsp3) is 0.647. The zero-order valence-corrected chi connectivity index (χ0v) is 12.7. The molecule has 0 bridgehead atoms. The van der Waals surface area contributed by atoms with Crippen molar-refractivity contribution in [2.24, 2.45) is 0 Å². The SMILES string of the molecule is CCCCCCOc1ccccc1C(C)NCCC. The largest absolute Gasteiger partial charge is 0.493 e. The van der Waals surface area contributed by atoms with Crippen LogP contribution in [0.4, 0.5) is 0 Å². The van der Waals surface area contributed by atoms with Crippen molar-refractivity contribution in [2.45, 2.75) is 58.9 Å². The molecule has 1 unspecified atom stereocenters. The molecule has 0 aliphatic heterocycles. The van der Waals surface area contributed by atoms with Crippen LogP contribution in [0.15, 0.2) is 24.3 Å². The molecule has 19 heavy (non-hydrogen) atoms. The summed E-state index contributed by atoms with van der Waals surface area (Å²) in [5, 5.41) is 3.52. The molecule has 0 aliphatic carbocycles. The summed E-state index contributed by atoms with van der Waals surface area (Å²) >= 11 is 0. The maximum atomic E-state index is 5.94. The normalized spacial score (nSPS) is 12.4. The highest BCUT2D eigenvalue weighted by Gasteiger charge is 2.09. The fourth-order valence-corrected chi connectivity index (χ4v) is 2.15. The summed E-state index contributed by atoms with van der Waals surface area (Å²) in [4.78, 5) is 0. The number of rotatable bonds is 10. The van der Waals surface area contributed by atoms with Crippen molar-refractivity contribution in [3.8, 4) is 5.75 Å². The van der Waals surface area contributed by atoms with Gasteiger partial charge >= 0.3 is 0 Å². The summed E-state index contributed by atoms with van der Waals surface area (Å²) in [7, 11) is 0. The van der Waals surface area contributed by atoms with Gasteiger partial charge < -0.3 is 10.1 Å². The lowest BCUT2D eigenvalue weighted by Crippen LogP contribution is -2.20. The van der Waals surface area contributed by atoms with Crippen LogP contribution in [0.1, 0.15) is 64.5 Å². The van der Waals surface area contributed by atoms with Gasteiger partial charge in [-0.25, -0.2) is 0 Å². The van der Waals surface area contributed by atoms with Crippen molar-refractivity contribution in [3.63, 3.8) is 0 Å². The smallest absolute Gasteiger partial charge is 0.124 e. The minimum absolute atomic E-state index is 0.354. The molecule has 0 radical (unpaired) electrons. The van der Waals surface area contributed by atoms with Crippen LogP contribution in [-0.4, -0.2) is 13.2 Å². The Morgan fingerprint density at radius 1 is 1.05 bits per heavy atom. The number of hydrogen-bond donors (Lipinski definition) is 1. The molecule has 2 heteroatoms. The Balaban J connectivity index is 2.47. The van der Waals surface area contributed by atoms with E-state index in [1.165, 1.54) is 24.8 Å². The van der Waals surface area contributed by atoms with Crippen LogP contribution in [0.5, 0.6) is 5.75 Å². The lowest BCUT2D eigenvalue weighted by atomic mass is 10.1. The van der Waals surface area contributed by atoms with Gasteiger partial charge in [0.2, 0.25) is 0 Å². The molecule has 1 N–H and O–H groups in total. The van der Waals surface area contributed by atoms with E-state index >= 15 is 0 Å². The van der Waals surface area contributed by atoms with Crippen molar-refractivity contribution >= 4 is 0 Å². The number of ether oxygens (including phenoxy) is 1. The Labute approximate surface area is 118 Å². The summed E-state index contributed by atoms with van der Waals surface area (Å²) in [6.45, 7) is 8.51. The van der Waals surface area contributed by atoms with Crippen LogP contribution in [0.25, 0.3) is 0 Å². The third-order valence-electron chi connectivity index (χ3n) is 3.34. The van der Waals surface area contributed by atoms with Gasteiger partial charge in [-0.15, -0.1) is 0 Å². The number of nitrogens with one attached hydrogen (secondary N) is 1. The third kappa shape index (κ3) is 6.11. The first-order valence-corrected chi connectivity index (χ1v) is 7.74. The molecule has 108 valence electrons. The van der Waals surface area contributed by atoms with Crippen molar-refractivity contribution in [3.05, 3.63) is 29.8 Å². The molecule has 1 aromatic carbocycles. The quantitative estimate of drug-likeness (QED) is 0.617. The van der Waals surface area contributed by atoms with E-state index in [0.717, 1.165) is 31.7 Å². The molecule has 0 spiro atoms. The second-order valence-corrected chi connectivity index (χ2v) is 5.12. The summed E-state index contributed by atoms with van der Waals surface area (Å²) in [5.41, 5.74) is 1.27. The van der Waals surface area contributed by atoms with E-state index in [1.807, 2.05) is 0 Å². The van der Waals surface area contributed by atoms with E-state index in [0.29, 0.717) is 6.04 Å². The van der Waals surface area contributed by atoms with Gasteiger partial charge in [-0.3, -0.25) is 0 Å². The van der Waals surface area contributed by atoms with Gasteiger partial charge in [0.15, 0.2) is 0 Å². The number of hydrogen-bond acceptors (Lipinski definition) is 2. The molecule has 1 atom stereocenters. The highest BCUT2D eigenvalue weighted by Crippen LogP contribution is 2.25. The van der Waals surface area contributed by atoms with Crippen LogP contribution in [0.3, 0.4) is 0 Å². The summed E-state index contributed by atoms with van der Waals surface area (Å²) in [5.74, 6) is 1.04. The van der Waals surface area contributed by atoms with E-state index in [1.54, 1.807) is 0 Å². The highest BCUT2D eigenvalue weighted by atomic mass is 16.5. The number of unbranched alkanes of at least 4 members (excludes halogenated alkanes) is 3. The Bertz CT molecular complexity index is 338. The zero-order chi connectivity index (χ0) is 13.9. The number of benzene rings is 1. The van der Waals surface area contributed by atoms with Gasteiger partial charge in [0.1, 0.15) is 5.75 Å². The molecular weight excluding hydrogens is 234 g/mol. The molecule has 0 aromatic heterocycles. The highest BCUT2D eigenvalue weighted by molar-refractivity contribution is 5.35. The minimum Gasteiger partial charge on any atom is -0.493 e. The Hall–Kier alpha value is -1.02. The first-order chi connectivity index (χ1) is 9.29. The molecule has 0 aliphatic rings. The summed E-state index contributed by atoms with van der Waals surface area (Å²) < 4.78 is 5.94. The van der Waals surface area contributed by atoms with E-state index in [-0.39, 0.29) is 0 Å². The van der Waals surface area contributed by atoms with E-state index < -0.39 is 0 Å². The summed E-state index contributed by atoms with van der Waals surface area (Å²) in [6, 6.07) is 8.74. The van der Waals surface area contributed by atoms with Crippen molar-refractivity contribution in [2.75, 3.05) is 13.2 Å². The fourth-order valence-electron chi connectivity index (χ4n) is 2.15. The summed E-state index contributed by atoms with van der Waals surface area (Å²) in [6.07, 6.45) is 6.15. The molecule has 2 nitrogen and oxygen atoms in total. The van der Waals surface area contributed by atoms with Gasteiger partial charge in [-0.1, -0.05) is 51.3 Å². The molecule has 0 saturated carbocycles. The van der Waals surface area contributed by atoms with Crippen LogP contribution in [-0.2, 0) is 0 Å². The standard InChI is InChI=1S/C17H29NO/c1-4-6-7-10-14-19-17-12-9-8-11-16(17)15(3)18-13-5-2/h8-9,11-12,15,18H,4-7,10,13-14H2,1-3H3. The first-order valence-electron chi connectivity index (χ1n) is 7.74. The number of para-hydroxylation sites is 1. The molecule has 0 amide bonds.